The Balaban J connectivity index is 0.000000495. The van der Waals surface area contributed by atoms with Crippen molar-refractivity contribution < 1.29 is 35.3 Å². The largest absolute Gasteiger partial charge is 0.687 e. The molecule has 7 heteroatoms. The van der Waals surface area contributed by atoms with Crippen molar-refractivity contribution in [3.63, 3.8) is 0 Å². The summed E-state index contributed by atoms with van der Waals surface area (Å²) >= 11 is 0. The molecule has 0 spiro atoms. The van der Waals surface area contributed by atoms with Gasteiger partial charge in [0.25, 0.3) is 0 Å². The smallest absolute Gasteiger partial charge is 0.00878 e. The van der Waals surface area contributed by atoms with Gasteiger partial charge in [0.05, 0.1) is 0 Å². The Labute approximate surface area is 279 Å². The number of ether oxygens (including phenoxy) is 2. The molecule has 6 nitrogen and oxygen atoms in total. The maximum Gasteiger partial charge on any atom is 0.00878 e. The summed E-state index contributed by atoms with van der Waals surface area (Å²) in [6.07, 6.45) is 4.75. The minimum Gasteiger partial charge on any atom is -0.687 e. The van der Waals surface area contributed by atoms with Crippen molar-refractivity contribution in [1.29, 1.82) is 0 Å². The van der Waals surface area contributed by atoms with Crippen molar-refractivity contribution in [3.8, 4) is 0 Å². The summed E-state index contributed by atoms with van der Waals surface area (Å²) in [6.45, 7) is 5.61. The van der Waals surface area contributed by atoms with Crippen LogP contribution in [0.4, 0.5) is 22.7 Å². The molecule has 0 atom stereocenters. The van der Waals surface area contributed by atoms with E-state index < -0.39 is 0 Å². The molecule has 2 saturated heterocycles. The molecule has 0 amide bonds. The molecule has 2 heterocycles. The van der Waals surface area contributed by atoms with E-state index in [0.29, 0.717) is 0 Å². The van der Waals surface area contributed by atoms with Gasteiger partial charge >= 0.3 is 0 Å². The summed E-state index contributed by atoms with van der Waals surface area (Å²) in [7, 11) is 7.15. The fraction of sp³-hybridized carbons (Fsp3) is 0.278. The summed E-state index contributed by atoms with van der Waals surface area (Å²) in [5, 5.41) is 15.9. The third-order valence-corrected chi connectivity index (χ3v) is 5.46. The second-order valence-electron chi connectivity index (χ2n) is 8.60. The average Bonchev–Trinajstić information content (AvgIpc) is 3.88. The Morgan fingerprint density at radius 3 is 0.744 bits per heavy atom. The molecule has 0 aromatic heterocycles. The zero-order valence-electron chi connectivity index (χ0n) is 26.0. The second kappa shape index (κ2) is 30.3. The van der Waals surface area contributed by atoms with E-state index in [-0.39, 0.29) is 25.8 Å². The van der Waals surface area contributed by atoms with Crippen LogP contribution in [0.3, 0.4) is 0 Å². The first-order valence-corrected chi connectivity index (χ1v) is 14.2. The quantitative estimate of drug-likeness (QED) is 0.154. The second-order valence-corrected chi connectivity index (χ2v) is 8.60. The van der Waals surface area contributed by atoms with Crippen LogP contribution in [-0.2, 0) is 35.3 Å². The zero-order valence-corrected chi connectivity index (χ0v) is 29.6. The van der Waals surface area contributed by atoms with Gasteiger partial charge in [-0.15, -0.1) is 50.9 Å². The van der Waals surface area contributed by atoms with E-state index in [2.05, 4.69) is 21.3 Å². The van der Waals surface area contributed by atoms with E-state index in [0.717, 1.165) is 48.8 Å². The van der Waals surface area contributed by atoms with E-state index in [1.54, 1.807) is 28.2 Å². The SMILES string of the molecule is C[N-]c1ccccc1.C[N-]c1ccccc1.C[N-]c1ccccc1.C[N-]c1ccccc1.[CH-]1CCCO1.[CH-]1CCCO1.[Hf]. The van der Waals surface area contributed by atoms with Crippen LogP contribution >= 0.6 is 0 Å². The number of para-hydroxylation sites is 4. The standard InChI is InChI=1S/4C7H8N.2C4H7O.Hf/c4*1-8-7-5-3-2-4-6-7;2*1-2-4-5-3-1;/h4*2-6H,1H3;2*3H,1-2,4H2;/q6*-1;. The summed E-state index contributed by atoms with van der Waals surface area (Å²) < 4.78 is 9.64. The van der Waals surface area contributed by atoms with E-state index in [4.69, 9.17) is 9.47 Å². The molecular weight excluding hydrogens is 699 g/mol. The summed E-state index contributed by atoms with van der Waals surface area (Å²) in [4.78, 5) is 0. The maximum atomic E-state index is 4.82. The Hall–Kier alpha value is -3.13. The summed E-state index contributed by atoms with van der Waals surface area (Å²) in [5.74, 6) is 0. The molecule has 2 aliphatic rings. The Kier molecular flexibility index (Phi) is 28.1. The first-order chi connectivity index (χ1) is 20.7. The van der Waals surface area contributed by atoms with Crippen LogP contribution in [0.1, 0.15) is 25.7 Å². The topological polar surface area (TPSA) is 74.9 Å². The van der Waals surface area contributed by atoms with Gasteiger partial charge in [-0.3, -0.25) is 0 Å². The van der Waals surface area contributed by atoms with Gasteiger partial charge in [0, 0.05) is 39.1 Å². The predicted octanol–water partition coefficient (Wildman–Crippen LogP) is 11.2. The number of rotatable bonds is 4. The number of hydrogen-bond donors (Lipinski definition) is 0. The fourth-order valence-electron chi connectivity index (χ4n) is 3.14. The molecule has 0 aliphatic carbocycles. The number of nitrogens with zero attached hydrogens (tertiary/aromatic N) is 4. The van der Waals surface area contributed by atoms with Crippen molar-refractivity contribution in [1.82, 2.24) is 0 Å². The molecule has 43 heavy (non-hydrogen) atoms. The maximum absolute atomic E-state index is 4.82. The van der Waals surface area contributed by atoms with Crippen molar-refractivity contribution in [3.05, 3.63) is 156 Å². The van der Waals surface area contributed by atoms with Crippen LogP contribution in [-0.4, -0.2) is 41.4 Å². The third-order valence-electron chi connectivity index (χ3n) is 5.46. The number of benzene rings is 4. The van der Waals surface area contributed by atoms with Gasteiger partial charge in [-0.25, -0.2) is 13.2 Å². The van der Waals surface area contributed by atoms with Gasteiger partial charge in [-0.05, 0) is 0 Å². The minimum atomic E-state index is 0. The van der Waals surface area contributed by atoms with Crippen LogP contribution in [0.25, 0.3) is 21.3 Å². The first kappa shape index (κ1) is 39.9. The molecule has 0 N–H and O–H groups in total. The van der Waals surface area contributed by atoms with E-state index in [1.807, 2.05) is 135 Å². The Morgan fingerprint density at radius 1 is 0.419 bits per heavy atom. The van der Waals surface area contributed by atoms with Crippen molar-refractivity contribution in [2.75, 3.05) is 41.4 Å². The zero-order chi connectivity index (χ0) is 30.4. The Morgan fingerprint density at radius 2 is 0.651 bits per heavy atom. The number of hydrogen-bond acceptors (Lipinski definition) is 2. The van der Waals surface area contributed by atoms with Crippen LogP contribution in [0.2, 0.25) is 0 Å². The molecule has 4 aromatic rings. The van der Waals surface area contributed by atoms with Crippen LogP contribution < -0.4 is 0 Å². The minimum absolute atomic E-state index is 0. The molecule has 2 fully saturated rings. The molecule has 6 rings (SSSR count). The Bertz CT molecular complexity index is 884. The van der Waals surface area contributed by atoms with Crippen LogP contribution in [0.15, 0.2) is 121 Å². The molecule has 4 aromatic carbocycles. The molecular formula is C36H46HfN4O2-6. The van der Waals surface area contributed by atoms with Crippen LogP contribution in [0, 0.1) is 13.2 Å². The predicted molar refractivity (Wildman–Crippen MR) is 181 cm³/mol. The van der Waals surface area contributed by atoms with Gasteiger partial charge in [-0.2, -0.15) is 12.8 Å². The van der Waals surface area contributed by atoms with Crippen molar-refractivity contribution in [2.45, 2.75) is 25.7 Å². The fourth-order valence-corrected chi connectivity index (χ4v) is 3.14. The normalized spacial score (nSPS) is 12.0. The van der Waals surface area contributed by atoms with E-state index in [9.17, 15) is 0 Å². The van der Waals surface area contributed by atoms with Crippen LogP contribution in [0.5, 0.6) is 0 Å². The first-order valence-electron chi connectivity index (χ1n) is 14.2. The van der Waals surface area contributed by atoms with Gasteiger partial charge in [-0.1, -0.05) is 134 Å². The summed E-state index contributed by atoms with van der Waals surface area (Å²) in [6, 6.07) is 39.5. The summed E-state index contributed by atoms with van der Waals surface area (Å²) in [5.41, 5.74) is 4.14. The van der Waals surface area contributed by atoms with Gasteiger partial charge in [0.15, 0.2) is 0 Å². The van der Waals surface area contributed by atoms with Crippen molar-refractivity contribution >= 4 is 22.7 Å². The molecule has 0 bridgehead atoms. The molecule has 2 aliphatic heterocycles. The molecule has 0 unspecified atom stereocenters. The van der Waals surface area contributed by atoms with Crippen molar-refractivity contribution in [2.24, 2.45) is 0 Å². The van der Waals surface area contributed by atoms with Gasteiger partial charge < -0.3 is 30.7 Å². The monoisotopic (exact) mass is 746 g/mol. The van der Waals surface area contributed by atoms with Gasteiger partial charge in [0.1, 0.15) is 0 Å². The average molecular weight is 745 g/mol. The molecule has 232 valence electrons. The van der Waals surface area contributed by atoms with E-state index in [1.165, 1.54) is 12.8 Å². The van der Waals surface area contributed by atoms with Gasteiger partial charge in [0.2, 0.25) is 0 Å². The molecule has 0 saturated carbocycles. The van der Waals surface area contributed by atoms with E-state index >= 15 is 0 Å². The molecule has 0 radical (unpaired) electrons. The third kappa shape index (κ3) is 24.1.